The third-order valence-electron chi connectivity index (χ3n) is 4.17. The first-order valence-electron chi connectivity index (χ1n) is 6.73. The van der Waals surface area contributed by atoms with Crippen LogP contribution < -0.4 is 9.80 Å². The Morgan fingerprint density at radius 3 is 2.94 bits per heavy atom. The van der Waals surface area contributed by atoms with Gasteiger partial charge in [0.05, 0.1) is 18.2 Å². The van der Waals surface area contributed by atoms with Crippen LogP contribution in [-0.4, -0.2) is 37.8 Å². The Morgan fingerprint density at radius 1 is 1.44 bits per heavy atom. The number of nitrogens with zero attached hydrogens (tertiary/aromatic N) is 2. The van der Waals surface area contributed by atoms with Crippen molar-refractivity contribution in [2.75, 3.05) is 31.6 Å². The number of hydrogen-bond acceptors (Lipinski definition) is 3. The lowest BCUT2D eigenvalue weighted by atomic mass is 10.1. The van der Waals surface area contributed by atoms with Crippen molar-refractivity contribution in [2.45, 2.75) is 25.4 Å². The maximum absolute atomic E-state index is 5.42. The molecule has 1 aromatic rings. The van der Waals surface area contributed by atoms with Gasteiger partial charge in [-0.25, -0.2) is 4.98 Å². The van der Waals surface area contributed by atoms with Crippen LogP contribution in [0.25, 0.3) is 0 Å². The third-order valence-corrected chi connectivity index (χ3v) is 4.17. The lowest BCUT2D eigenvalue weighted by molar-refractivity contribution is -0.775. The number of pyridine rings is 1. The molecule has 1 fully saturated rings. The average molecular weight is 247 g/mol. The lowest BCUT2D eigenvalue weighted by Crippen LogP contribution is -3.00. The molecule has 4 nitrogen and oxygen atoms in total. The van der Waals surface area contributed by atoms with E-state index in [0.717, 1.165) is 38.9 Å². The van der Waals surface area contributed by atoms with Gasteiger partial charge in [-0.05, 0) is 12.8 Å². The molecule has 18 heavy (non-hydrogen) atoms. The number of methoxy groups -OCH3 is 1. The minimum absolute atomic E-state index is 0.424. The van der Waals surface area contributed by atoms with E-state index in [-0.39, 0.29) is 0 Å². The number of ether oxygens (including phenoxy) is 1. The standard InChI is InChI=1S/C14H21N3O/c1-16-8-6-12-13(16)3-7-15-14(12)17-9-4-11(18-2)5-10-17/h3,7,11,16H,1,4-6,8-10H2,2H3. The molecule has 3 rings (SSSR count). The Morgan fingerprint density at radius 2 is 2.22 bits per heavy atom. The summed E-state index contributed by atoms with van der Waals surface area (Å²) in [5.74, 6) is 1.18. The Labute approximate surface area is 109 Å². The van der Waals surface area contributed by atoms with E-state index in [1.54, 1.807) is 0 Å². The summed E-state index contributed by atoms with van der Waals surface area (Å²) in [6.07, 6.45) is 5.65. The molecule has 4 heteroatoms. The van der Waals surface area contributed by atoms with Gasteiger partial charge < -0.3 is 14.5 Å². The first kappa shape index (κ1) is 11.9. The van der Waals surface area contributed by atoms with Crippen LogP contribution in [0.15, 0.2) is 12.3 Å². The van der Waals surface area contributed by atoms with Crippen molar-refractivity contribution < 1.29 is 9.64 Å². The zero-order chi connectivity index (χ0) is 12.5. The molecule has 1 unspecified atom stereocenters. The summed E-state index contributed by atoms with van der Waals surface area (Å²) < 4.78 is 5.42. The van der Waals surface area contributed by atoms with Crippen LogP contribution in [0, 0.1) is 7.05 Å². The molecule has 3 heterocycles. The number of piperidine rings is 1. The monoisotopic (exact) mass is 247 g/mol. The highest BCUT2D eigenvalue weighted by atomic mass is 16.5. The zero-order valence-corrected chi connectivity index (χ0v) is 11.0. The molecule has 1 aromatic heterocycles. The van der Waals surface area contributed by atoms with Crippen molar-refractivity contribution in [3.8, 4) is 0 Å². The van der Waals surface area contributed by atoms with E-state index in [1.165, 1.54) is 22.0 Å². The maximum Gasteiger partial charge on any atom is 0.137 e. The molecule has 0 aromatic carbocycles. The van der Waals surface area contributed by atoms with Gasteiger partial charge in [0.15, 0.2) is 0 Å². The van der Waals surface area contributed by atoms with Gasteiger partial charge in [0.2, 0.25) is 0 Å². The summed E-state index contributed by atoms with van der Waals surface area (Å²) >= 11 is 0. The fraction of sp³-hybridized carbons (Fsp3) is 0.571. The van der Waals surface area contributed by atoms with E-state index in [4.69, 9.17) is 4.74 Å². The van der Waals surface area contributed by atoms with E-state index >= 15 is 0 Å². The number of nitrogens with one attached hydrogen (secondary N) is 1. The van der Waals surface area contributed by atoms with E-state index in [2.05, 4.69) is 23.0 Å². The smallest absolute Gasteiger partial charge is 0.137 e. The van der Waals surface area contributed by atoms with Gasteiger partial charge >= 0.3 is 0 Å². The SMILES string of the molecule is [CH2-][NH+]1CCc2c1ccnc2N1CCC(OC)CC1. The minimum atomic E-state index is 0.424. The van der Waals surface area contributed by atoms with Gasteiger partial charge in [-0.15, -0.1) is 7.05 Å². The normalized spacial score (nSPS) is 24.3. The largest absolute Gasteiger partial charge is 0.434 e. The van der Waals surface area contributed by atoms with Gasteiger partial charge in [0.1, 0.15) is 11.5 Å². The molecular formula is C14H21N3O. The molecule has 2 aliphatic rings. The van der Waals surface area contributed by atoms with Gasteiger partial charge in [0, 0.05) is 38.9 Å². The second-order valence-electron chi connectivity index (χ2n) is 5.19. The molecule has 2 aliphatic heterocycles. The van der Waals surface area contributed by atoms with Crippen LogP contribution in [0.5, 0.6) is 0 Å². The molecule has 0 bridgehead atoms. The number of anilines is 1. The van der Waals surface area contributed by atoms with Crippen LogP contribution in [0.2, 0.25) is 0 Å². The molecule has 98 valence electrons. The summed E-state index contributed by atoms with van der Waals surface area (Å²) in [6, 6.07) is 2.11. The van der Waals surface area contributed by atoms with Crippen LogP contribution in [0.3, 0.4) is 0 Å². The van der Waals surface area contributed by atoms with Gasteiger partial charge in [-0.2, -0.15) is 0 Å². The van der Waals surface area contributed by atoms with Crippen molar-refractivity contribution in [2.24, 2.45) is 0 Å². The lowest BCUT2D eigenvalue weighted by Gasteiger charge is -2.32. The van der Waals surface area contributed by atoms with E-state index in [0.29, 0.717) is 6.10 Å². The number of quaternary nitrogens is 1. The van der Waals surface area contributed by atoms with Crippen LogP contribution in [0.4, 0.5) is 11.5 Å². The van der Waals surface area contributed by atoms with Crippen molar-refractivity contribution in [1.82, 2.24) is 4.98 Å². The Hall–Kier alpha value is -1.13. The molecule has 0 spiro atoms. The number of fused-ring (bicyclic) bond motifs is 1. The summed E-state index contributed by atoms with van der Waals surface area (Å²) in [7, 11) is 5.95. The predicted octanol–water partition coefficient (Wildman–Crippen LogP) is 0.561. The fourth-order valence-corrected chi connectivity index (χ4v) is 3.05. The van der Waals surface area contributed by atoms with Gasteiger partial charge in [-0.3, -0.25) is 0 Å². The maximum atomic E-state index is 5.42. The summed E-state index contributed by atoms with van der Waals surface area (Å²) in [4.78, 5) is 8.28. The highest BCUT2D eigenvalue weighted by molar-refractivity contribution is 5.58. The van der Waals surface area contributed by atoms with E-state index < -0.39 is 0 Å². The summed E-state index contributed by atoms with van der Waals surface area (Å²) in [6.45, 7) is 3.19. The third kappa shape index (κ3) is 1.99. The first-order chi connectivity index (χ1) is 8.79. The van der Waals surface area contributed by atoms with Crippen LogP contribution >= 0.6 is 0 Å². The number of aromatic nitrogens is 1. The topological polar surface area (TPSA) is 29.8 Å². The Kier molecular flexibility index (Phi) is 3.22. The molecule has 0 saturated carbocycles. The fourth-order valence-electron chi connectivity index (χ4n) is 3.05. The molecule has 0 aliphatic carbocycles. The van der Waals surface area contributed by atoms with Gasteiger partial charge in [0.25, 0.3) is 0 Å². The molecule has 1 saturated heterocycles. The van der Waals surface area contributed by atoms with E-state index in [9.17, 15) is 0 Å². The number of rotatable bonds is 2. The highest BCUT2D eigenvalue weighted by Crippen LogP contribution is 2.28. The second kappa shape index (κ2) is 4.86. The van der Waals surface area contributed by atoms with Crippen molar-refractivity contribution in [3.63, 3.8) is 0 Å². The molecule has 0 radical (unpaired) electrons. The number of hydrogen-bond donors (Lipinski definition) is 1. The predicted molar refractivity (Wildman–Crippen MR) is 71.0 cm³/mol. The zero-order valence-electron chi connectivity index (χ0n) is 11.0. The molecule has 0 amide bonds. The quantitative estimate of drug-likeness (QED) is 0.775. The molecule has 1 N–H and O–H groups in total. The average Bonchev–Trinajstić information content (AvgIpc) is 2.81. The van der Waals surface area contributed by atoms with Gasteiger partial charge in [-0.1, -0.05) is 0 Å². The minimum Gasteiger partial charge on any atom is -0.434 e. The van der Waals surface area contributed by atoms with Crippen molar-refractivity contribution in [3.05, 3.63) is 24.9 Å². The summed E-state index contributed by atoms with van der Waals surface area (Å²) in [5, 5.41) is 0. The van der Waals surface area contributed by atoms with E-state index in [1.807, 2.05) is 13.3 Å². The first-order valence-corrected chi connectivity index (χ1v) is 6.73. The second-order valence-corrected chi connectivity index (χ2v) is 5.19. The summed E-state index contributed by atoms with van der Waals surface area (Å²) in [5.41, 5.74) is 2.73. The van der Waals surface area contributed by atoms with Crippen molar-refractivity contribution >= 4 is 11.5 Å². The van der Waals surface area contributed by atoms with Crippen LogP contribution in [-0.2, 0) is 11.2 Å². The van der Waals surface area contributed by atoms with Crippen molar-refractivity contribution in [1.29, 1.82) is 0 Å². The Bertz CT molecular complexity index is 427. The molecule has 1 atom stereocenters. The van der Waals surface area contributed by atoms with Crippen LogP contribution in [0.1, 0.15) is 18.4 Å². The highest BCUT2D eigenvalue weighted by Gasteiger charge is 2.27. The molecular weight excluding hydrogens is 226 g/mol. The Balaban J connectivity index is 1.82.